The molecule has 1 aliphatic rings. The van der Waals surface area contributed by atoms with E-state index in [1.54, 1.807) is 18.2 Å². The lowest BCUT2D eigenvalue weighted by molar-refractivity contribution is -0.119. The molecular weight excluding hydrogens is 379 g/mol. The highest BCUT2D eigenvalue weighted by Crippen LogP contribution is 2.26. The van der Waals surface area contributed by atoms with Crippen LogP contribution in [0.15, 0.2) is 48.5 Å². The van der Waals surface area contributed by atoms with Crippen molar-refractivity contribution in [1.82, 2.24) is 4.90 Å². The fourth-order valence-corrected chi connectivity index (χ4v) is 3.60. The molecule has 3 rings (SSSR count). The number of amides is 1. The van der Waals surface area contributed by atoms with Crippen LogP contribution >= 0.6 is 11.6 Å². The lowest BCUT2D eigenvalue weighted by Gasteiger charge is -2.37. The number of carbonyl (C=O) groups is 1. The molecule has 1 aliphatic heterocycles. The summed E-state index contributed by atoms with van der Waals surface area (Å²) < 4.78 is 14.2. The van der Waals surface area contributed by atoms with Crippen molar-refractivity contribution in [3.8, 4) is 6.07 Å². The van der Waals surface area contributed by atoms with Crippen molar-refractivity contribution in [3.63, 3.8) is 0 Å². The Kier molecular flexibility index (Phi) is 6.85. The first-order chi connectivity index (χ1) is 13.6. The highest BCUT2D eigenvalue weighted by atomic mass is 35.5. The van der Waals surface area contributed by atoms with Crippen LogP contribution in [-0.2, 0) is 4.79 Å². The highest BCUT2D eigenvalue weighted by molar-refractivity contribution is 6.33. The fraction of sp³-hybridized carbons (Fsp3) is 0.333. The van der Waals surface area contributed by atoms with E-state index in [9.17, 15) is 9.18 Å². The van der Waals surface area contributed by atoms with Crippen LogP contribution in [0.1, 0.15) is 6.42 Å². The summed E-state index contributed by atoms with van der Waals surface area (Å²) in [4.78, 5) is 18.5. The second-order valence-electron chi connectivity index (χ2n) is 6.62. The van der Waals surface area contributed by atoms with Gasteiger partial charge in [-0.25, -0.2) is 4.39 Å². The van der Waals surface area contributed by atoms with Crippen LogP contribution in [0, 0.1) is 17.1 Å². The molecule has 5 nitrogen and oxygen atoms in total. The number of hydrogen-bond acceptors (Lipinski definition) is 4. The maximum absolute atomic E-state index is 14.2. The molecule has 0 atom stereocenters. The van der Waals surface area contributed by atoms with Gasteiger partial charge in [-0.2, -0.15) is 5.26 Å². The molecule has 0 bridgehead atoms. The van der Waals surface area contributed by atoms with E-state index in [0.717, 1.165) is 18.8 Å². The van der Waals surface area contributed by atoms with Crippen LogP contribution in [0.3, 0.4) is 0 Å². The van der Waals surface area contributed by atoms with Gasteiger partial charge in [0.1, 0.15) is 5.82 Å². The number of rotatable bonds is 6. The minimum absolute atomic E-state index is 0.153. The second-order valence-corrected chi connectivity index (χ2v) is 7.03. The predicted octanol–water partition coefficient (Wildman–Crippen LogP) is 3.55. The molecule has 0 aliphatic carbocycles. The third kappa shape index (κ3) is 4.80. The molecule has 1 fully saturated rings. The summed E-state index contributed by atoms with van der Waals surface area (Å²) in [6, 6.07) is 15.9. The van der Waals surface area contributed by atoms with E-state index in [1.165, 1.54) is 11.0 Å². The maximum Gasteiger partial charge on any atom is 0.241 e. The number of nitrogens with zero attached hydrogens (tertiary/aromatic N) is 4. The number of piperazine rings is 1. The molecule has 28 heavy (non-hydrogen) atoms. The Morgan fingerprint density at radius 1 is 1.11 bits per heavy atom. The van der Waals surface area contributed by atoms with E-state index in [2.05, 4.69) is 9.80 Å². The molecule has 0 spiro atoms. The van der Waals surface area contributed by atoms with E-state index in [1.807, 2.05) is 30.3 Å². The Morgan fingerprint density at radius 2 is 1.79 bits per heavy atom. The largest absolute Gasteiger partial charge is 0.368 e. The molecule has 2 aromatic carbocycles. The number of carbonyl (C=O) groups excluding carboxylic acids is 1. The highest BCUT2D eigenvalue weighted by Gasteiger charge is 2.24. The third-order valence-corrected chi connectivity index (χ3v) is 5.14. The van der Waals surface area contributed by atoms with E-state index in [-0.39, 0.29) is 31.1 Å². The monoisotopic (exact) mass is 400 g/mol. The Balaban J connectivity index is 1.62. The Bertz CT molecular complexity index is 861. The number of halogens is 2. The number of para-hydroxylation sites is 2. The van der Waals surface area contributed by atoms with Crippen LogP contribution < -0.4 is 9.80 Å². The van der Waals surface area contributed by atoms with Crippen molar-refractivity contribution < 1.29 is 9.18 Å². The van der Waals surface area contributed by atoms with Crippen LogP contribution in [0.2, 0.25) is 5.02 Å². The van der Waals surface area contributed by atoms with Crippen LogP contribution in [0.4, 0.5) is 15.8 Å². The molecule has 0 radical (unpaired) electrons. The average Bonchev–Trinajstić information content (AvgIpc) is 2.70. The molecule has 7 heteroatoms. The number of nitriles is 1. The summed E-state index contributed by atoms with van der Waals surface area (Å²) in [5.74, 6) is -0.663. The summed E-state index contributed by atoms with van der Waals surface area (Å²) in [6.07, 6.45) is 0.153. The van der Waals surface area contributed by atoms with E-state index in [4.69, 9.17) is 16.9 Å². The lowest BCUT2D eigenvalue weighted by atomic mass is 10.2. The predicted molar refractivity (Wildman–Crippen MR) is 109 cm³/mol. The van der Waals surface area contributed by atoms with Gasteiger partial charge in [0, 0.05) is 32.7 Å². The Hall–Kier alpha value is -2.62. The minimum Gasteiger partial charge on any atom is -0.368 e. The molecule has 146 valence electrons. The molecule has 0 saturated carbocycles. The summed E-state index contributed by atoms with van der Waals surface area (Å²) in [7, 11) is 0. The quantitative estimate of drug-likeness (QED) is 0.744. The molecule has 2 aromatic rings. The summed E-state index contributed by atoms with van der Waals surface area (Å²) in [5.41, 5.74) is 1.22. The van der Waals surface area contributed by atoms with E-state index < -0.39 is 5.82 Å². The van der Waals surface area contributed by atoms with Crippen molar-refractivity contribution >= 4 is 28.9 Å². The molecule has 1 heterocycles. The van der Waals surface area contributed by atoms with Gasteiger partial charge in [0.2, 0.25) is 5.91 Å². The first-order valence-electron chi connectivity index (χ1n) is 9.24. The normalized spacial score (nSPS) is 14.5. The molecule has 0 unspecified atom stereocenters. The molecule has 1 saturated heterocycles. The summed E-state index contributed by atoms with van der Waals surface area (Å²) in [5, 5.41) is 9.60. The molecule has 1 amide bonds. The van der Waals surface area contributed by atoms with E-state index >= 15 is 0 Å². The van der Waals surface area contributed by atoms with Gasteiger partial charge in [-0.3, -0.25) is 9.69 Å². The van der Waals surface area contributed by atoms with Crippen LogP contribution in [0.5, 0.6) is 0 Å². The van der Waals surface area contributed by atoms with Crippen LogP contribution in [-0.4, -0.2) is 50.1 Å². The van der Waals surface area contributed by atoms with Crippen molar-refractivity contribution in [1.29, 1.82) is 5.26 Å². The zero-order chi connectivity index (χ0) is 19.9. The number of benzene rings is 2. The first-order valence-corrected chi connectivity index (χ1v) is 9.61. The zero-order valence-corrected chi connectivity index (χ0v) is 16.3. The van der Waals surface area contributed by atoms with Gasteiger partial charge in [-0.15, -0.1) is 0 Å². The van der Waals surface area contributed by atoms with Gasteiger partial charge >= 0.3 is 0 Å². The smallest absolute Gasteiger partial charge is 0.241 e. The van der Waals surface area contributed by atoms with Gasteiger partial charge in [-0.05, 0) is 24.3 Å². The van der Waals surface area contributed by atoms with Crippen LogP contribution in [0.25, 0.3) is 0 Å². The SMILES string of the molecule is N#CCCN(C(=O)CN1CCN(c2ccccc2Cl)CC1)c1ccccc1F. The minimum atomic E-state index is -0.461. The van der Waals surface area contributed by atoms with Crippen molar-refractivity contribution in [2.24, 2.45) is 0 Å². The lowest BCUT2D eigenvalue weighted by Crippen LogP contribution is -2.50. The van der Waals surface area contributed by atoms with Gasteiger partial charge in [0.15, 0.2) is 0 Å². The maximum atomic E-state index is 14.2. The van der Waals surface area contributed by atoms with Gasteiger partial charge < -0.3 is 9.80 Å². The van der Waals surface area contributed by atoms with Gasteiger partial charge in [-0.1, -0.05) is 35.9 Å². The average molecular weight is 401 g/mol. The standard InChI is InChI=1S/C21H22ClFN4O/c22-17-6-1-3-8-19(17)26-14-12-25(13-15-26)16-21(28)27(11-5-10-24)20-9-4-2-7-18(20)23/h1-4,6-9H,5,11-16H2. The second kappa shape index (κ2) is 9.54. The van der Waals surface area contributed by atoms with Crippen molar-refractivity contribution in [3.05, 3.63) is 59.4 Å². The van der Waals surface area contributed by atoms with Gasteiger partial charge in [0.25, 0.3) is 0 Å². The summed E-state index contributed by atoms with van der Waals surface area (Å²) in [6.45, 7) is 3.30. The fourth-order valence-electron chi connectivity index (χ4n) is 3.34. The first kappa shape index (κ1) is 20.1. The molecule has 0 N–H and O–H groups in total. The van der Waals surface area contributed by atoms with Crippen molar-refractivity contribution in [2.45, 2.75) is 6.42 Å². The molecular formula is C21H22ClFN4O. The van der Waals surface area contributed by atoms with Gasteiger partial charge in [0.05, 0.1) is 35.4 Å². The Labute approximate surface area is 169 Å². The van der Waals surface area contributed by atoms with Crippen molar-refractivity contribution in [2.75, 3.05) is 49.1 Å². The Morgan fingerprint density at radius 3 is 2.46 bits per heavy atom. The number of anilines is 2. The zero-order valence-electron chi connectivity index (χ0n) is 15.5. The molecule has 0 aromatic heterocycles. The number of hydrogen-bond donors (Lipinski definition) is 0. The third-order valence-electron chi connectivity index (χ3n) is 4.82. The summed E-state index contributed by atoms with van der Waals surface area (Å²) >= 11 is 6.27. The topological polar surface area (TPSA) is 50.6 Å². The van der Waals surface area contributed by atoms with E-state index in [0.29, 0.717) is 18.1 Å².